The van der Waals surface area contributed by atoms with Gasteiger partial charge >= 0.3 is 11.8 Å². The largest absolute Gasteiger partial charge is 0.444 e. The Hall–Kier alpha value is -3.67. The van der Waals surface area contributed by atoms with E-state index in [1.807, 2.05) is 25.1 Å². The van der Waals surface area contributed by atoms with Crippen molar-refractivity contribution in [3.05, 3.63) is 34.2 Å². The SMILES string of the molecule is CNC(=O)CC[C@H](NC(=O)OC(C)(C)C)[C@@H](C)OCCCc1ccc2c(c1)n(C)c(=O)n2C1CCC(=O)NC1=O. The Balaban J connectivity index is 1.61. The number of rotatable bonds is 11. The maximum atomic E-state index is 13.0. The smallest absolute Gasteiger partial charge is 0.407 e. The maximum absolute atomic E-state index is 13.0. The minimum Gasteiger partial charge on any atom is -0.444 e. The monoisotopic (exact) mass is 559 g/mol. The van der Waals surface area contributed by atoms with Gasteiger partial charge in [0.15, 0.2) is 0 Å². The number of hydrogen-bond donors (Lipinski definition) is 3. The fourth-order valence-corrected chi connectivity index (χ4v) is 4.75. The Morgan fingerprint density at radius 1 is 1.18 bits per heavy atom. The summed E-state index contributed by atoms with van der Waals surface area (Å²) in [5.74, 6) is -0.915. The molecule has 4 amide bonds. The number of aromatic nitrogens is 2. The van der Waals surface area contributed by atoms with E-state index < -0.39 is 29.7 Å². The quantitative estimate of drug-likeness (QED) is 0.282. The number of imidazole rings is 1. The molecular weight excluding hydrogens is 518 g/mol. The molecule has 3 rings (SSSR count). The molecule has 0 aliphatic carbocycles. The molecule has 0 bridgehead atoms. The highest BCUT2D eigenvalue weighted by molar-refractivity contribution is 6.00. The van der Waals surface area contributed by atoms with Crippen LogP contribution in [0.25, 0.3) is 11.0 Å². The minimum absolute atomic E-state index is 0.126. The van der Waals surface area contributed by atoms with E-state index in [1.165, 1.54) is 9.13 Å². The number of amides is 4. The van der Waals surface area contributed by atoms with Crippen LogP contribution in [0.15, 0.2) is 23.0 Å². The average Bonchev–Trinajstić information content (AvgIpc) is 3.12. The molecule has 0 radical (unpaired) electrons. The first kappa shape index (κ1) is 30.9. The lowest BCUT2D eigenvalue weighted by Crippen LogP contribution is -2.46. The van der Waals surface area contributed by atoms with Crippen LogP contribution >= 0.6 is 0 Å². The first-order chi connectivity index (χ1) is 18.8. The van der Waals surface area contributed by atoms with Crippen LogP contribution in [-0.4, -0.2) is 64.4 Å². The molecule has 1 aromatic heterocycles. The number of alkyl carbamates (subject to hydrolysis) is 1. The summed E-state index contributed by atoms with van der Waals surface area (Å²) in [6.07, 6.45) is 1.56. The number of hydrogen-bond acceptors (Lipinski definition) is 7. The minimum atomic E-state index is -0.722. The van der Waals surface area contributed by atoms with Crippen LogP contribution in [0.5, 0.6) is 0 Å². The van der Waals surface area contributed by atoms with Gasteiger partial charge in [-0.1, -0.05) is 6.07 Å². The summed E-state index contributed by atoms with van der Waals surface area (Å²) in [5.41, 5.74) is 1.40. The van der Waals surface area contributed by atoms with Gasteiger partial charge in [0.2, 0.25) is 17.7 Å². The Kier molecular flexibility index (Phi) is 10.1. The van der Waals surface area contributed by atoms with E-state index in [-0.39, 0.29) is 42.9 Å². The Bertz CT molecular complexity index is 1310. The molecule has 1 aliphatic rings. The zero-order chi connectivity index (χ0) is 29.6. The van der Waals surface area contributed by atoms with Crippen molar-refractivity contribution in [3.63, 3.8) is 0 Å². The van der Waals surface area contributed by atoms with Crippen LogP contribution in [0.1, 0.15) is 71.4 Å². The molecule has 3 N–H and O–H groups in total. The fourth-order valence-electron chi connectivity index (χ4n) is 4.75. The van der Waals surface area contributed by atoms with Crippen LogP contribution in [0.3, 0.4) is 0 Å². The predicted octanol–water partition coefficient (Wildman–Crippen LogP) is 2.07. The van der Waals surface area contributed by atoms with E-state index in [4.69, 9.17) is 9.47 Å². The molecule has 0 saturated carbocycles. The molecule has 220 valence electrons. The van der Waals surface area contributed by atoms with Crippen LogP contribution in [0.4, 0.5) is 4.79 Å². The van der Waals surface area contributed by atoms with E-state index in [0.717, 1.165) is 5.56 Å². The van der Waals surface area contributed by atoms with E-state index in [0.29, 0.717) is 36.9 Å². The summed E-state index contributed by atoms with van der Waals surface area (Å²) in [5, 5.41) is 7.73. The van der Waals surface area contributed by atoms with Gasteiger partial charge in [-0.05, 0) is 71.1 Å². The summed E-state index contributed by atoms with van der Waals surface area (Å²) in [4.78, 5) is 61.0. The van der Waals surface area contributed by atoms with Gasteiger partial charge in [-0.25, -0.2) is 9.59 Å². The first-order valence-electron chi connectivity index (χ1n) is 13.7. The molecule has 12 heteroatoms. The maximum Gasteiger partial charge on any atom is 0.407 e. The molecular formula is C28H41N5O7. The van der Waals surface area contributed by atoms with E-state index >= 15 is 0 Å². The Labute approximate surface area is 233 Å². The van der Waals surface area contributed by atoms with Crippen molar-refractivity contribution in [3.8, 4) is 0 Å². The lowest BCUT2D eigenvalue weighted by molar-refractivity contribution is -0.135. The first-order valence-corrected chi connectivity index (χ1v) is 13.7. The Morgan fingerprint density at radius 3 is 2.55 bits per heavy atom. The standard InChI is InChI=1S/C28H41N5O7/c1-17(19(10-13-23(34)29-5)30-26(37)40-28(2,3)4)39-15-7-8-18-9-11-20-22(16-18)32(6)27(38)33(20)21-12-14-24(35)31-25(21)36/h9,11,16-17,19,21H,7-8,10,12-15H2,1-6H3,(H,29,34)(H,30,37)(H,31,35,36)/t17-,19+,21?/m1/s1. The van der Waals surface area contributed by atoms with Crippen molar-refractivity contribution in [1.29, 1.82) is 0 Å². The normalized spacial score (nSPS) is 17.3. The number of fused-ring (bicyclic) bond motifs is 1. The second-order valence-corrected chi connectivity index (χ2v) is 11.1. The van der Waals surface area contributed by atoms with Gasteiger partial charge in [-0.15, -0.1) is 0 Å². The number of ether oxygens (including phenoxy) is 2. The number of nitrogens with zero attached hydrogens (tertiary/aromatic N) is 2. The predicted molar refractivity (Wildman–Crippen MR) is 149 cm³/mol. The molecule has 1 aliphatic heterocycles. The molecule has 40 heavy (non-hydrogen) atoms. The van der Waals surface area contributed by atoms with Gasteiger partial charge in [0.25, 0.3) is 0 Å². The third-order valence-electron chi connectivity index (χ3n) is 6.90. The molecule has 1 fully saturated rings. The number of imide groups is 1. The van der Waals surface area contributed by atoms with Crippen LogP contribution in [0.2, 0.25) is 0 Å². The molecule has 2 heterocycles. The fraction of sp³-hybridized carbons (Fsp3) is 0.607. The van der Waals surface area contributed by atoms with Crippen molar-refractivity contribution in [1.82, 2.24) is 25.1 Å². The van der Waals surface area contributed by atoms with Gasteiger partial charge in [-0.3, -0.25) is 28.8 Å². The zero-order valence-corrected chi connectivity index (χ0v) is 24.2. The lowest BCUT2D eigenvalue weighted by Gasteiger charge is -2.27. The second-order valence-electron chi connectivity index (χ2n) is 11.1. The second kappa shape index (κ2) is 13.1. The van der Waals surface area contributed by atoms with Gasteiger partial charge in [-0.2, -0.15) is 0 Å². The van der Waals surface area contributed by atoms with Crippen molar-refractivity contribution in [2.45, 2.75) is 90.0 Å². The molecule has 2 aromatic rings. The van der Waals surface area contributed by atoms with E-state index in [9.17, 15) is 24.0 Å². The van der Waals surface area contributed by atoms with Crippen LogP contribution in [0, 0.1) is 0 Å². The van der Waals surface area contributed by atoms with Gasteiger partial charge in [0.05, 0.1) is 23.2 Å². The van der Waals surface area contributed by atoms with Crippen molar-refractivity contribution in [2.24, 2.45) is 7.05 Å². The van der Waals surface area contributed by atoms with E-state index in [1.54, 1.807) is 34.9 Å². The van der Waals surface area contributed by atoms with Crippen molar-refractivity contribution >= 4 is 34.8 Å². The molecule has 1 aromatic carbocycles. The lowest BCUT2D eigenvalue weighted by atomic mass is 10.0. The number of aryl methyl sites for hydroxylation is 2. The highest BCUT2D eigenvalue weighted by atomic mass is 16.6. The highest BCUT2D eigenvalue weighted by Crippen LogP contribution is 2.24. The third kappa shape index (κ3) is 7.93. The Morgan fingerprint density at radius 2 is 1.90 bits per heavy atom. The van der Waals surface area contributed by atoms with Gasteiger partial charge in [0, 0.05) is 33.5 Å². The molecule has 1 unspecified atom stereocenters. The molecule has 12 nitrogen and oxygen atoms in total. The van der Waals surface area contributed by atoms with Gasteiger partial charge in [0.1, 0.15) is 11.6 Å². The number of carbonyl (C=O) groups excluding carboxylic acids is 4. The van der Waals surface area contributed by atoms with Crippen LogP contribution < -0.4 is 21.6 Å². The number of benzene rings is 1. The summed E-state index contributed by atoms with van der Waals surface area (Å²) < 4.78 is 14.4. The van der Waals surface area contributed by atoms with Crippen molar-refractivity contribution < 1.29 is 28.7 Å². The van der Waals surface area contributed by atoms with Crippen LogP contribution in [-0.2, 0) is 37.3 Å². The number of carbonyl (C=O) groups is 4. The summed E-state index contributed by atoms with van der Waals surface area (Å²) in [7, 11) is 3.23. The van der Waals surface area contributed by atoms with Crippen molar-refractivity contribution in [2.75, 3.05) is 13.7 Å². The molecule has 0 spiro atoms. The van der Waals surface area contributed by atoms with Gasteiger partial charge < -0.3 is 20.1 Å². The average molecular weight is 560 g/mol. The molecule has 3 atom stereocenters. The molecule has 1 saturated heterocycles. The highest BCUT2D eigenvalue weighted by Gasteiger charge is 2.31. The zero-order valence-electron chi connectivity index (χ0n) is 24.2. The summed E-state index contributed by atoms with van der Waals surface area (Å²) >= 11 is 0. The summed E-state index contributed by atoms with van der Waals surface area (Å²) in [6, 6.07) is 4.55. The number of nitrogens with one attached hydrogen (secondary N) is 3. The number of piperidine rings is 1. The van der Waals surface area contributed by atoms with E-state index in [2.05, 4.69) is 16.0 Å². The topological polar surface area (TPSA) is 150 Å². The summed E-state index contributed by atoms with van der Waals surface area (Å²) in [6.45, 7) is 7.62. The third-order valence-corrected chi connectivity index (χ3v) is 6.90.